The van der Waals surface area contributed by atoms with E-state index in [4.69, 9.17) is 29.2 Å². The van der Waals surface area contributed by atoms with E-state index >= 15 is 0 Å². The Kier molecular flexibility index (Phi) is 27.2. The number of alkyl carbamates (subject to hydrolysis) is 2. The fourth-order valence-corrected chi connectivity index (χ4v) is 5.92. The van der Waals surface area contributed by atoms with Gasteiger partial charge in [-0.3, -0.25) is 0 Å². The summed E-state index contributed by atoms with van der Waals surface area (Å²) in [6, 6.07) is 23.8. The van der Waals surface area contributed by atoms with Crippen molar-refractivity contribution in [1.82, 2.24) is 10.6 Å². The highest BCUT2D eigenvalue weighted by atomic mass is 16.6. The van der Waals surface area contributed by atoms with Crippen molar-refractivity contribution in [2.75, 3.05) is 52.9 Å². The summed E-state index contributed by atoms with van der Waals surface area (Å²) in [7, 11) is 0. The monoisotopic (exact) mass is 900 g/mol. The van der Waals surface area contributed by atoms with Crippen molar-refractivity contribution in [2.45, 2.75) is 117 Å². The van der Waals surface area contributed by atoms with Crippen LogP contribution in [-0.4, -0.2) is 81.3 Å². The van der Waals surface area contributed by atoms with Gasteiger partial charge < -0.3 is 39.8 Å². The standard InChI is InChI=1S/C32H44N2O5.C13H15NO.C8H18O3/c1-23(2)25-13-11-15-27(21-25)31(5,6)33-29(35)38-18-10-9-17-37-19-20-39-30(36)34-32(7,8)28-16-12-14-26(22-28)24(3)4;1-10(2)11-6-5-7-12(8-11)13(3,4)14-9-15;9-5-1-3-7-11-8-4-2-6-10/h11-16,21-22H,1,3,9-10,17-20H2,2,4-8H3,(H,33,35)(H,34,36);5-8H,1H2,2-4H3;9-10H,1-8H2. The number of allylic oxidation sites excluding steroid dienone is 3. The Balaban J connectivity index is 0.000000658. The van der Waals surface area contributed by atoms with Gasteiger partial charge in [-0.05, 0) is 152 Å². The van der Waals surface area contributed by atoms with E-state index in [1.165, 1.54) is 0 Å². The first kappa shape index (κ1) is 57.7. The van der Waals surface area contributed by atoms with E-state index in [2.05, 4.69) is 35.4 Å². The van der Waals surface area contributed by atoms with E-state index in [0.29, 0.717) is 13.0 Å². The minimum absolute atomic E-state index is 0.147. The second kappa shape index (κ2) is 30.7. The number of aliphatic hydroxyl groups excluding tert-OH is 2. The van der Waals surface area contributed by atoms with Gasteiger partial charge >= 0.3 is 12.2 Å². The molecule has 65 heavy (non-hydrogen) atoms. The third-order valence-corrected chi connectivity index (χ3v) is 10.1. The van der Waals surface area contributed by atoms with Crippen LogP contribution in [0.1, 0.15) is 134 Å². The van der Waals surface area contributed by atoms with Crippen molar-refractivity contribution in [1.29, 1.82) is 0 Å². The number of benzene rings is 3. The number of rotatable bonds is 25. The molecule has 0 saturated carbocycles. The van der Waals surface area contributed by atoms with Crippen LogP contribution < -0.4 is 10.6 Å². The summed E-state index contributed by atoms with van der Waals surface area (Å²) in [5, 5.41) is 22.7. The molecule has 0 unspecified atom stereocenters. The fourth-order valence-electron chi connectivity index (χ4n) is 5.92. The minimum Gasteiger partial charge on any atom is -0.450 e. The first-order chi connectivity index (χ1) is 30.7. The lowest BCUT2D eigenvalue weighted by molar-refractivity contribution is 0.0653. The van der Waals surface area contributed by atoms with Crippen molar-refractivity contribution in [3.8, 4) is 0 Å². The Hall–Kier alpha value is -5.36. The van der Waals surface area contributed by atoms with Crippen LogP contribution >= 0.6 is 0 Å². The Morgan fingerprint density at radius 2 is 0.908 bits per heavy atom. The van der Waals surface area contributed by atoms with E-state index < -0.39 is 28.8 Å². The average Bonchev–Trinajstić information content (AvgIpc) is 3.25. The summed E-state index contributed by atoms with van der Waals surface area (Å²) in [5.74, 6) is 0. The molecule has 4 N–H and O–H groups in total. The van der Waals surface area contributed by atoms with Gasteiger partial charge in [-0.2, -0.15) is 4.99 Å². The predicted octanol–water partition coefficient (Wildman–Crippen LogP) is 11.0. The number of unbranched alkanes of at least 4 members (excludes halogenated alkanes) is 3. The normalized spacial score (nSPS) is 11.1. The highest BCUT2D eigenvalue weighted by molar-refractivity contribution is 5.70. The van der Waals surface area contributed by atoms with Crippen LogP contribution in [0.2, 0.25) is 0 Å². The van der Waals surface area contributed by atoms with E-state index in [1.54, 1.807) is 6.08 Å². The van der Waals surface area contributed by atoms with Gasteiger partial charge in [0, 0.05) is 33.0 Å². The molecule has 12 heteroatoms. The van der Waals surface area contributed by atoms with Crippen LogP contribution in [0.25, 0.3) is 16.7 Å². The maximum Gasteiger partial charge on any atom is 0.407 e. The molecule has 0 fully saturated rings. The van der Waals surface area contributed by atoms with Gasteiger partial charge in [-0.15, -0.1) is 0 Å². The highest BCUT2D eigenvalue weighted by Gasteiger charge is 2.25. The number of carbonyl (C=O) groups is 2. The zero-order valence-electron chi connectivity index (χ0n) is 40.6. The molecule has 0 aromatic heterocycles. The lowest BCUT2D eigenvalue weighted by Crippen LogP contribution is -2.41. The smallest absolute Gasteiger partial charge is 0.407 e. The van der Waals surface area contributed by atoms with Gasteiger partial charge in [0.25, 0.3) is 0 Å². The second-order valence-corrected chi connectivity index (χ2v) is 17.4. The van der Waals surface area contributed by atoms with Crippen molar-refractivity contribution in [3.63, 3.8) is 0 Å². The number of nitrogens with one attached hydrogen (secondary N) is 2. The van der Waals surface area contributed by atoms with Crippen molar-refractivity contribution in [2.24, 2.45) is 4.99 Å². The molecule has 0 spiro atoms. The molecule has 0 aliphatic rings. The molecule has 0 aliphatic carbocycles. The topological polar surface area (TPSA) is 165 Å². The summed E-state index contributed by atoms with van der Waals surface area (Å²) in [6.07, 6.45) is 5.52. The van der Waals surface area contributed by atoms with Crippen LogP contribution in [0.4, 0.5) is 9.59 Å². The van der Waals surface area contributed by atoms with Crippen LogP contribution in [0.3, 0.4) is 0 Å². The number of amides is 2. The van der Waals surface area contributed by atoms with Gasteiger partial charge in [0.05, 0.1) is 29.8 Å². The Morgan fingerprint density at radius 3 is 1.31 bits per heavy atom. The van der Waals surface area contributed by atoms with Gasteiger partial charge in [-0.1, -0.05) is 91.1 Å². The third kappa shape index (κ3) is 23.9. The Bertz CT molecular complexity index is 1880. The lowest BCUT2D eigenvalue weighted by atomic mass is 9.92. The summed E-state index contributed by atoms with van der Waals surface area (Å²) >= 11 is 0. The van der Waals surface area contributed by atoms with Crippen LogP contribution in [0.15, 0.2) is 97.5 Å². The van der Waals surface area contributed by atoms with E-state index in [9.17, 15) is 14.4 Å². The molecule has 0 bridgehead atoms. The number of aliphatic hydroxyl groups is 2. The minimum atomic E-state index is -0.598. The van der Waals surface area contributed by atoms with Crippen molar-refractivity contribution in [3.05, 3.63) is 126 Å². The number of isocyanates is 1. The van der Waals surface area contributed by atoms with Gasteiger partial charge in [0.1, 0.15) is 6.61 Å². The fraction of sp³-hybridized carbons (Fsp3) is 0.491. The number of aliphatic imine (C=N–C) groups is 1. The molecule has 3 aromatic carbocycles. The zero-order chi connectivity index (χ0) is 48.9. The third-order valence-electron chi connectivity index (χ3n) is 10.1. The molecule has 12 nitrogen and oxygen atoms in total. The molecular formula is C53H77N3O9. The summed E-state index contributed by atoms with van der Waals surface area (Å²) < 4.78 is 21.4. The molecule has 3 aromatic rings. The van der Waals surface area contributed by atoms with E-state index in [0.717, 1.165) is 95.4 Å². The lowest BCUT2D eigenvalue weighted by Gasteiger charge is -2.27. The second-order valence-electron chi connectivity index (χ2n) is 17.4. The molecule has 0 heterocycles. The Morgan fingerprint density at radius 1 is 0.554 bits per heavy atom. The molecule has 3 rings (SSSR count). The van der Waals surface area contributed by atoms with Crippen LogP contribution in [-0.2, 0) is 40.4 Å². The predicted molar refractivity (Wildman–Crippen MR) is 263 cm³/mol. The quantitative estimate of drug-likeness (QED) is 0.0368. The summed E-state index contributed by atoms with van der Waals surface area (Å²) in [6.45, 7) is 32.3. The van der Waals surface area contributed by atoms with Crippen LogP contribution in [0, 0.1) is 0 Å². The number of ether oxygens (including phenoxy) is 4. The molecule has 0 saturated heterocycles. The van der Waals surface area contributed by atoms with Gasteiger partial charge in [-0.25, -0.2) is 14.4 Å². The molecule has 0 atom stereocenters. The van der Waals surface area contributed by atoms with Gasteiger partial charge in [0.15, 0.2) is 0 Å². The molecule has 0 radical (unpaired) electrons. The SMILES string of the molecule is C=C(C)c1cccc(C(C)(C)N=C=O)c1.C=C(C)c1cccc(C(C)(C)NC(=O)OCCCCOCCOC(=O)NC(C)(C)c2cccc(C(=C)C)c2)c1.OCCCCOCCCCO. The van der Waals surface area contributed by atoms with Crippen LogP contribution in [0.5, 0.6) is 0 Å². The largest absolute Gasteiger partial charge is 0.450 e. The highest BCUT2D eigenvalue weighted by Crippen LogP contribution is 2.27. The summed E-state index contributed by atoms with van der Waals surface area (Å²) in [4.78, 5) is 38.6. The average molecular weight is 900 g/mol. The first-order valence-corrected chi connectivity index (χ1v) is 22.4. The van der Waals surface area contributed by atoms with Gasteiger partial charge in [0.2, 0.25) is 6.08 Å². The maximum absolute atomic E-state index is 12.3. The number of hydrogen-bond donors (Lipinski definition) is 4. The molecule has 0 aliphatic heterocycles. The van der Waals surface area contributed by atoms with Crippen molar-refractivity contribution < 1.29 is 43.5 Å². The number of nitrogens with zero attached hydrogens (tertiary/aromatic N) is 1. The first-order valence-electron chi connectivity index (χ1n) is 22.4. The summed E-state index contributed by atoms with van der Waals surface area (Å²) in [5.41, 5.74) is 7.31. The number of carbonyl (C=O) groups excluding carboxylic acids is 3. The van der Waals surface area contributed by atoms with E-state index in [-0.39, 0.29) is 33.0 Å². The zero-order valence-corrected chi connectivity index (χ0v) is 40.6. The molecular weight excluding hydrogens is 823 g/mol. The Labute approximate surface area is 389 Å². The van der Waals surface area contributed by atoms with E-state index in [1.807, 2.05) is 135 Å². The molecule has 2 amide bonds. The van der Waals surface area contributed by atoms with Crippen molar-refractivity contribution >= 4 is 35.0 Å². The maximum atomic E-state index is 12.3. The number of hydrogen-bond acceptors (Lipinski definition) is 10. The molecule has 358 valence electrons.